The van der Waals surface area contributed by atoms with Gasteiger partial charge in [-0.05, 0) is 6.42 Å². The third-order valence-electron chi connectivity index (χ3n) is 2.60. The van der Waals surface area contributed by atoms with Crippen LogP contribution < -0.4 is 5.32 Å². The third kappa shape index (κ3) is 3.24. The fourth-order valence-electron chi connectivity index (χ4n) is 1.77. The van der Waals surface area contributed by atoms with Gasteiger partial charge in [-0.1, -0.05) is 5.16 Å². The second kappa shape index (κ2) is 4.71. The first-order chi connectivity index (χ1) is 7.98. The van der Waals surface area contributed by atoms with Crippen molar-refractivity contribution >= 4 is 9.84 Å². The summed E-state index contributed by atoms with van der Waals surface area (Å²) in [6.45, 7) is 0.727. The molecule has 2 atom stereocenters. The minimum absolute atomic E-state index is 0.0549. The summed E-state index contributed by atoms with van der Waals surface area (Å²) >= 11 is 0. The first kappa shape index (κ1) is 12.5. The van der Waals surface area contributed by atoms with Gasteiger partial charge in [-0.2, -0.15) is 4.98 Å². The number of rotatable bonds is 4. The van der Waals surface area contributed by atoms with Gasteiger partial charge in [0.15, 0.2) is 15.7 Å². The van der Waals surface area contributed by atoms with E-state index >= 15 is 0 Å². The van der Waals surface area contributed by atoms with Crippen LogP contribution in [0.15, 0.2) is 4.52 Å². The van der Waals surface area contributed by atoms with E-state index in [0.717, 1.165) is 19.2 Å². The molecule has 1 aromatic rings. The zero-order chi connectivity index (χ0) is 12.5. The minimum atomic E-state index is -3.13. The molecule has 0 aromatic carbocycles. The van der Waals surface area contributed by atoms with Gasteiger partial charge in [0.2, 0.25) is 5.89 Å². The summed E-state index contributed by atoms with van der Waals surface area (Å²) < 4.78 is 32.4. The maximum absolute atomic E-state index is 11.1. The molecule has 1 N–H and O–H groups in total. The van der Waals surface area contributed by atoms with Crippen molar-refractivity contribution in [2.75, 3.05) is 19.9 Å². The lowest BCUT2D eigenvalue weighted by atomic mass is 10.2. The average molecular weight is 261 g/mol. The Morgan fingerprint density at radius 3 is 2.94 bits per heavy atom. The molecule has 0 spiro atoms. The first-order valence-electron chi connectivity index (χ1n) is 5.24. The predicted molar refractivity (Wildman–Crippen MR) is 59.0 cm³/mol. The summed E-state index contributed by atoms with van der Waals surface area (Å²) in [5.41, 5.74) is 0. The Kier molecular flexibility index (Phi) is 3.45. The highest BCUT2D eigenvalue weighted by molar-refractivity contribution is 7.89. The molecule has 0 saturated carbocycles. The summed E-state index contributed by atoms with van der Waals surface area (Å²) in [7, 11) is -1.48. The topological polar surface area (TPSA) is 94.3 Å². The van der Waals surface area contributed by atoms with Gasteiger partial charge in [0.05, 0.1) is 12.1 Å². The maximum Gasteiger partial charge on any atom is 0.243 e. The lowest BCUT2D eigenvalue weighted by Crippen LogP contribution is -2.16. The number of nitrogens with one attached hydrogen (secondary N) is 1. The molecule has 1 saturated heterocycles. The van der Waals surface area contributed by atoms with Crippen molar-refractivity contribution in [1.82, 2.24) is 15.5 Å². The van der Waals surface area contributed by atoms with Crippen LogP contribution in [0.5, 0.6) is 0 Å². The second-order valence-electron chi connectivity index (χ2n) is 4.17. The zero-order valence-corrected chi connectivity index (χ0v) is 10.5. The number of ether oxygens (including phenoxy) is 1. The lowest BCUT2D eigenvalue weighted by molar-refractivity contribution is 0.116. The van der Waals surface area contributed by atoms with Crippen LogP contribution in [-0.2, 0) is 20.3 Å². The Balaban J connectivity index is 2.04. The number of hydrogen-bond acceptors (Lipinski definition) is 7. The standard InChI is InChI=1S/C9H15N3O4S/c1-15-6-3-7(10-4-6)9-11-8(12-16-9)5-17(2,13)14/h6-7,10H,3-5H2,1-2H3/t6-,7+/m0/s1. The summed E-state index contributed by atoms with van der Waals surface area (Å²) in [6.07, 6.45) is 2.01. The van der Waals surface area contributed by atoms with Crippen LogP contribution in [0.3, 0.4) is 0 Å². The highest BCUT2D eigenvalue weighted by Crippen LogP contribution is 2.23. The average Bonchev–Trinajstić information content (AvgIpc) is 2.82. The monoisotopic (exact) mass is 261 g/mol. The second-order valence-corrected chi connectivity index (χ2v) is 6.31. The Labute approximate surface area is 99.5 Å². The highest BCUT2D eigenvalue weighted by Gasteiger charge is 2.29. The molecule has 0 radical (unpaired) electrons. The summed E-state index contributed by atoms with van der Waals surface area (Å²) in [6, 6.07) is -0.0549. The van der Waals surface area contributed by atoms with Gasteiger partial charge in [0.1, 0.15) is 5.75 Å². The van der Waals surface area contributed by atoms with E-state index in [2.05, 4.69) is 15.5 Å². The van der Waals surface area contributed by atoms with Gasteiger partial charge in [-0.3, -0.25) is 0 Å². The number of aromatic nitrogens is 2. The quantitative estimate of drug-likeness (QED) is 0.792. The predicted octanol–water partition coefficient (Wildman–Crippen LogP) is -0.336. The molecule has 7 nitrogen and oxygen atoms in total. The van der Waals surface area contributed by atoms with E-state index in [1.165, 1.54) is 0 Å². The van der Waals surface area contributed by atoms with Crippen molar-refractivity contribution < 1.29 is 17.7 Å². The number of sulfone groups is 1. The molecule has 96 valence electrons. The Hall–Kier alpha value is -0.990. The summed E-state index contributed by atoms with van der Waals surface area (Å²) in [5.74, 6) is 0.421. The molecule has 1 aliphatic rings. The van der Waals surface area contributed by atoms with E-state index in [1.807, 2.05) is 0 Å². The van der Waals surface area contributed by atoms with E-state index in [4.69, 9.17) is 9.26 Å². The molecule has 2 rings (SSSR count). The first-order valence-corrected chi connectivity index (χ1v) is 7.30. The lowest BCUT2D eigenvalue weighted by Gasteiger charge is -2.04. The molecular weight excluding hydrogens is 246 g/mol. The smallest absolute Gasteiger partial charge is 0.243 e. The van der Waals surface area contributed by atoms with Crippen LogP contribution in [0.25, 0.3) is 0 Å². The molecule has 0 bridgehead atoms. The van der Waals surface area contributed by atoms with Crippen molar-refractivity contribution in [1.29, 1.82) is 0 Å². The molecule has 1 aliphatic heterocycles. The number of hydrogen-bond donors (Lipinski definition) is 1. The molecule has 0 aliphatic carbocycles. The van der Waals surface area contributed by atoms with E-state index in [-0.39, 0.29) is 23.7 Å². The van der Waals surface area contributed by atoms with E-state index in [0.29, 0.717) is 5.89 Å². The van der Waals surface area contributed by atoms with Crippen molar-refractivity contribution in [3.63, 3.8) is 0 Å². The third-order valence-corrected chi connectivity index (χ3v) is 3.38. The van der Waals surface area contributed by atoms with Gasteiger partial charge in [-0.15, -0.1) is 0 Å². The number of methoxy groups -OCH3 is 1. The molecule has 8 heteroatoms. The number of nitrogens with zero attached hydrogens (tertiary/aromatic N) is 2. The van der Waals surface area contributed by atoms with Crippen LogP contribution in [0.2, 0.25) is 0 Å². The molecule has 17 heavy (non-hydrogen) atoms. The van der Waals surface area contributed by atoms with Gasteiger partial charge < -0.3 is 14.6 Å². The van der Waals surface area contributed by atoms with Crippen LogP contribution in [-0.4, -0.2) is 44.6 Å². The van der Waals surface area contributed by atoms with Crippen molar-refractivity contribution in [3.05, 3.63) is 11.7 Å². The molecule has 0 amide bonds. The Morgan fingerprint density at radius 2 is 2.35 bits per heavy atom. The van der Waals surface area contributed by atoms with Gasteiger partial charge >= 0.3 is 0 Å². The van der Waals surface area contributed by atoms with Crippen molar-refractivity contribution in [2.45, 2.75) is 24.3 Å². The van der Waals surface area contributed by atoms with Crippen molar-refractivity contribution in [3.8, 4) is 0 Å². The molecular formula is C9H15N3O4S. The van der Waals surface area contributed by atoms with Crippen LogP contribution in [0.1, 0.15) is 24.2 Å². The van der Waals surface area contributed by atoms with Gasteiger partial charge in [-0.25, -0.2) is 8.42 Å². The molecule has 0 unspecified atom stereocenters. The van der Waals surface area contributed by atoms with Crippen LogP contribution in [0, 0.1) is 0 Å². The summed E-state index contributed by atoms with van der Waals surface area (Å²) in [4.78, 5) is 4.07. The van der Waals surface area contributed by atoms with Gasteiger partial charge in [0.25, 0.3) is 0 Å². The van der Waals surface area contributed by atoms with E-state index in [1.54, 1.807) is 7.11 Å². The highest BCUT2D eigenvalue weighted by atomic mass is 32.2. The largest absolute Gasteiger partial charge is 0.380 e. The molecule has 1 fully saturated rings. The van der Waals surface area contributed by atoms with E-state index < -0.39 is 9.84 Å². The normalized spacial score (nSPS) is 25.3. The zero-order valence-electron chi connectivity index (χ0n) is 9.71. The Morgan fingerprint density at radius 1 is 1.59 bits per heavy atom. The SMILES string of the molecule is CO[C@@H]1CN[C@@H](c2nc(CS(C)(=O)=O)no2)C1. The molecule has 1 aromatic heterocycles. The fraction of sp³-hybridized carbons (Fsp3) is 0.778. The van der Waals surface area contributed by atoms with Crippen LogP contribution in [0.4, 0.5) is 0 Å². The fourth-order valence-corrected chi connectivity index (χ4v) is 2.36. The minimum Gasteiger partial charge on any atom is -0.380 e. The maximum atomic E-state index is 11.1. The Bertz CT molecular complexity index is 484. The van der Waals surface area contributed by atoms with Gasteiger partial charge in [0, 0.05) is 19.9 Å². The molecule has 2 heterocycles. The van der Waals surface area contributed by atoms with Crippen molar-refractivity contribution in [2.24, 2.45) is 0 Å². The van der Waals surface area contributed by atoms with E-state index in [9.17, 15) is 8.42 Å². The summed E-state index contributed by atoms with van der Waals surface area (Å²) in [5, 5.41) is 6.83. The van der Waals surface area contributed by atoms with Crippen LogP contribution >= 0.6 is 0 Å².